The summed E-state index contributed by atoms with van der Waals surface area (Å²) in [6, 6.07) is 1.10. The largest absolute Gasteiger partial charge is 0.204 e. The van der Waals surface area contributed by atoms with E-state index in [4.69, 9.17) is 0 Å². The lowest BCUT2D eigenvalue weighted by Gasteiger charge is -2.05. The van der Waals surface area contributed by atoms with Crippen molar-refractivity contribution >= 4 is 43.6 Å². The lowest BCUT2D eigenvalue weighted by molar-refractivity contribution is 0.489. The third kappa shape index (κ3) is 1.83. The molecule has 12 heavy (non-hydrogen) atoms. The molecule has 0 saturated carbocycles. The molecule has 0 amide bonds. The molecule has 0 nitrogen and oxygen atoms in total. The Labute approximate surface area is 90.0 Å². The number of thioether (sulfide) groups is 1. The summed E-state index contributed by atoms with van der Waals surface area (Å²) < 4.78 is 26.8. The summed E-state index contributed by atoms with van der Waals surface area (Å²) in [5.41, 5.74) is 0. The highest BCUT2D eigenvalue weighted by Gasteiger charge is 2.14. The average molecular weight is 318 g/mol. The first kappa shape index (κ1) is 10.5. The lowest BCUT2D eigenvalue weighted by atomic mass is 10.3. The highest BCUT2D eigenvalue weighted by Crippen LogP contribution is 2.35. The Bertz CT molecular complexity index is 289. The van der Waals surface area contributed by atoms with E-state index in [1.165, 1.54) is 0 Å². The number of benzene rings is 1. The Morgan fingerprint density at radius 3 is 2.42 bits per heavy atom. The van der Waals surface area contributed by atoms with Crippen molar-refractivity contribution in [1.82, 2.24) is 0 Å². The fourth-order valence-electron chi connectivity index (χ4n) is 0.730. The Morgan fingerprint density at radius 1 is 1.33 bits per heavy atom. The second-order valence-electron chi connectivity index (χ2n) is 2.00. The van der Waals surface area contributed by atoms with Crippen molar-refractivity contribution in [3.63, 3.8) is 0 Å². The van der Waals surface area contributed by atoms with Gasteiger partial charge in [0, 0.05) is 8.95 Å². The van der Waals surface area contributed by atoms with Crippen molar-refractivity contribution in [3.8, 4) is 0 Å². The SMILES string of the molecule is CSc1c(F)c(F)cc(Br)c1Br. The number of halogens is 4. The van der Waals surface area contributed by atoms with E-state index >= 15 is 0 Å². The molecule has 1 aromatic carbocycles. The standard InChI is InChI=1S/C7H4Br2F2S/c1-12-7-5(9)3(8)2-4(10)6(7)11/h2H,1H3. The summed E-state index contributed by atoms with van der Waals surface area (Å²) in [6.45, 7) is 0. The van der Waals surface area contributed by atoms with Gasteiger partial charge in [-0.15, -0.1) is 11.8 Å². The monoisotopic (exact) mass is 316 g/mol. The molecular weight excluding hydrogens is 314 g/mol. The van der Waals surface area contributed by atoms with Crippen LogP contribution in [-0.2, 0) is 0 Å². The zero-order chi connectivity index (χ0) is 9.30. The lowest BCUT2D eigenvalue weighted by Crippen LogP contribution is -1.89. The summed E-state index contributed by atoms with van der Waals surface area (Å²) >= 11 is 7.41. The molecule has 0 bridgehead atoms. The van der Waals surface area contributed by atoms with Crippen molar-refractivity contribution in [2.75, 3.05) is 6.26 Å². The van der Waals surface area contributed by atoms with Gasteiger partial charge in [-0.3, -0.25) is 0 Å². The molecule has 0 heterocycles. The van der Waals surface area contributed by atoms with E-state index in [-0.39, 0.29) is 4.90 Å². The molecule has 0 saturated heterocycles. The maximum atomic E-state index is 13.0. The van der Waals surface area contributed by atoms with Crippen LogP contribution in [-0.4, -0.2) is 6.26 Å². The van der Waals surface area contributed by atoms with Crippen LogP contribution in [0.5, 0.6) is 0 Å². The highest BCUT2D eigenvalue weighted by molar-refractivity contribution is 9.13. The molecule has 0 atom stereocenters. The van der Waals surface area contributed by atoms with E-state index in [0.29, 0.717) is 8.95 Å². The van der Waals surface area contributed by atoms with Crippen LogP contribution in [0.3, 0.4) is 0 Å². The third-order valence-electron chi connectivity index (χ3n) is 1.28. The first-order valence-electron chi connectivity index (χ1n) is 2.95. The molecule has 1 rings (SSSR count). The minimum absolute atomic E-state index is 0.280. The summed E-state index contributed by atoms with van der Waals surface area (Å²) in [4.78, 5) is 0.280. The van der Waals surface area contributed by atoms with Gasteiger partial charge in [0.05, 0.1) is 4.90 Å². The minimum atomic E-state index is -0.838. The molecule has 1 aromatic rings. The molecule has 0 fully saturated rings. The normalized spacial score (nSPS) is 10.4. The fourth-order valence-corrected chi connectivity index (χ4v) is 2.60. The van der Waals surface area contributed by atoms with Crippen molar-refractivity contribution in [2.45, 2.75) is 4.90 Å². The van der Waals surface area contributed by atoms with Crippen molar-refractivity contribution in [1.29, 1.82) is 0 Å². The molecule has 0 N–H and O–H groups in total. The van der Waals surface area contributed by atoms with Gasteiger partial charge in [0.2, 0.25) is 0 Å². The van der Waals surface area contributed by atoms with Crippen LogP contribution in [0, 0.1) is 11.6 Å². The molecule has 0 aliphatic heterocycles. The van der Waals surface area contributed by atoms with Crippen LogP contribution >= 0.6 is 43.6 Å². The van der Waals surface area contributed by atoms with Crippen LogP contribution in [0.25, 0.3) is 0 Å². The molecule has 66 valence electrons. The number of hydrogen-bond acceptors (Lipinski definition) is 1. The Hall–Kier alpha value is 0.390. The number of hydrogen-bond donors (Lipinski definition) is 0. The van der Waals surface area contributed by atoms with Crippen molar-refractivity contribution < 1.29 is 8.78 Å². The second-order valence-corrected chi connectivity index (χ2v) is 4.47. The van der Waals surface area contributed by atoms with Crippen LogP contribution < -0.4 is 0 Å². The Balaban J connectivity index is 3.42. The van der Waals surface area contributed by atoms with Crippen molar-refractivity contribution in [2.24, 2.45) is 0 Å². The van der Waals surface area contributed by atoms with E-state index < -0.39 is 11.6 Å². The highest BCUT2D eigenvalue weighted by atomic mass is 79.9. The summed E-state index contributed by atoms with van der Waals surface area (Å²) in [6.07, 6.45) is 1.69. The molecule has 0 radical (unpaired) electrons. The molecular formula is C7H4Br2F2S. The van der Waals surface area contributed by atoms with E-state index in [1.54, 1.807) is 6.26 Å². The van der Waals surface area contributed by atoms with Gasteiger partial charge in [-0.25, -0.2) is 8.78 Å². The van der Waals surface area contributed by atoms with E-state index in [2.05, 4.69) is 31.9 Å². The zero-order valence-electron chi connectivity index (χ0n) is 6.00. The van der Waals surface area contributed by atoms with Crippen LogP contribution in [0.15, 0.2) is 19.9 Å². The smallest absolute Gasteiger partial charge is 0.173 e. The van der Waals surface area contributed by atoms with Crippen LogP contribution in [0.2, 0.25) is 0 Å². The predicted octanol–water partition coefficient (Wildman–Crippen LogP) is 4.21. The minimum Gasteiger partial charge on any atom is -0.204 e. The third-order valence-corrected chi connectivity index (χ3v) is 4.31. The van der Waals surface area contributed by atoms with E-state index in [9.17, 15) is 8.78 Å². The summed E-state index contributed by atoms with van der Waals surface area (Å²) in [7, 11) is 0. The Kier molecular flexibility index (Phi) is 3.55. The van der Waals surface area contributed by atoms with Crippen LogP contribution in [0.4, 0.5) is 8.78 Å². The molecule has 0 spiro atoms. The molecule has 0 unspecified atom stereocenters. The van der Waals surface area contributed by atoms with Crippen molar-refractivity contribution in [3.05, 3.63) is 26.6 Å². The molecule has 0 aromatic heterocycles. The van der Waals surface area contributed by atoms with Gasteiger partial charge in [-0.2, -0.15) is 0 Å². The second kappa shape index (κ2) is 4.07. The van der Waals surface area contributed by atoms with Gasteiger partial charge in [0.25, 0.3) is 0 Å². The van der Waals surface area contributed by atoms with Crippen LogP contribution in [0.1, 0.15) is 0 Å². The van der Waals surface area contributed by atoms with Gasteiger partial charge in [0.15, 0.2) is 11.6 Å². The maximum absolute atomic E-state index is 13.0. The summed E-state index contributed by atoms with van der Waals surface area (Å²) in [5.74, 6) is -1.65. The van der Waals surface area contributed by atoms with E-state index in [1.807, 2.05) is 0 Å². The van der Waals surface area contributed by atoms with Gasteiger partial charge < -0.3 is 0 Å². The zero-order valence-corrected chi connectivity index (χ0v) is 9.99. The van der Waals surface area contributed by atoms with Gasteiger partial charge in [-0.05, 0) is 44.2 Å². The Morgan fingerprint density at radius 2 is 1.92 bits per heavy atom. The quantitative estimate of drug-likeness (QED) is 0.552. The first-order chi connectivity index (χ1) is 5.57. The summed E-state index contributed by atoms with van der Waals surface area (Å²) in [5, 5.41) is 0. The average Bonchev–Trinajstić information content (AvgIpc) is 2.02. The van der Waals surface area contributed by atoms with Gasteiger partial charge in [0.1, 0.15) is 0 Å². The van der Waals surface area contributed by atoms with Gasteiger partial charge >= 0.3 is 0 Å². The molecule has 0 aliphatic carbocycles. The maximum Gasteiger partial charge on any atom is 0.173 e. The predicted molar refractivity (Wildman–Crippen MR) is 53.5 cm³/mol. The first-order valence-corrected chi connectivity index (χ1v) is 5.76. The van der Waals surface area contributed by atoms with E-state index in [0.717, 1.165) is 17.8 Å². The topological polar surface area (TPSA) is 0 Å². The molecule has 0 aliphatic rings. The molecule has 5 heteroatoms. The number of rotatable bonds is 1. The van der Waals surface area contributed by atoms with Gasteiger partial charge in [-0.1, -0.05) is 0 Å². The fraction of sp³-hybridized carbons (Fsp3) is 0.143.